The standard InChI is InChI=1S/C22H15FN6O3/c23-16-12-5-1-2-7-15(12)31-19(16)18-17-13(25-11-26-17)8-10-29(18)22(30)21-28-27-20(32-21)14-6-3-4-9-24-14/h1-7,9,11,18H,8,10H2,(H,25,26)/t18-/m0/s1. The van der Waals surface area contributed by atoms with Crippen molar-refractivity contribution in [3.63, 3.8) is 0 Å². The number of hydrogen-bond donors (Lipinski definition) is 1. The van der Waals surface area contributed by atoms with Crippen molar-refractivity contribution in [2.45, 2.75) is 12.5 Å². The van der Waals surface area contributed by atoms with Crippen LogP contribution < -0.4 is 0 Å². The van der Waals surface area contributed by atoms with Gasteiger partial charge in [-0.2, -0.15) is 0 Å². The van der Waals surface area contributed by atoms with E-state index in [1.54, 1.807) is 48.7 Å². The third-order valence-corrected chi connectivity index (χ3v) is 5.49. The minimum absolute atomic E-state index is 0.0112. The van der Waals surface area contributed by atoms with E-state index in [-0.39, 0.29) is 24.1 Å². The monoisotopic (exact) mass is 430 g/mol. The van der Waals surface area contributed by atoms with Gasteiger partial charge in [0.15, 0.2) is 11.6 Å². The van der Waals surface area contributed by atoms with Crippen LogP contribution in [0, 0.1) is 5.82 Å². The van der Waals surface area contributed by atoms with E-state index in [0.717, 1.165) is 5.69 Å². The van der Waals surface area contributed by atoms with E-state index in [2.05, 4.69) is 25.1 Å². The molecule has 1 aliphatic rings. The average Bonchev–Trinajstić information content (AvgIpc) is 3.58. The van der Waals surface area contributed by atoms with E-state index < -0.39 is 17.8 Å². The number of carbonyl (C=O) groups is 1. The fourth-order valence-electron chi connectivity index (χ4n) is 4.00. The first kappa shape index (κ1) is 18.4. The van der Waals surface area contributed by atoms with Crippen molar-refractivity contribution < 1.29 is 18.0 Å². The third kappa shape index (κ3) is 2.80. The maximum atomic E-state index is 15.3. The first-order valence-corrected chi connectivity index (χ1v) is 9.95. The number of aromatic nitrogens is 5. The lowest BCUT2D eigenvalue weighted by molar-refractivity contribution is 0.0628. The van der Waals surface area contributed by atoms with Crippen LogP contribution in [0.2, 0.25) is 0 Å². The Morgan fingerprint density at radius 1 is 1.09 bits per heavy atom. The van der Waals surface area contributed by atoms with Gasteiger partial charge in [-0.3, -0.25) is 9.78 Å². The highest BCUT2D eigenvalue weighted by Gasteiger charge is 2.40. The summed E-state index contributed by atoms with van der Waals surface area (Å²) in [5.74, 6) is -1.15. The number of nitrogens with zero attached hydrogens (tertiary/aromatic N) is 5. The number of benzene rings is 1. The number of imidazole rings is 1. The number of para-hydroxylation sites is 1. The second-order valence-electron chi connectivity index (χ2n) is 7.32. The molecule has 32 heavy (non-hydrogen) atoms. The highest BCUT2D eigenvalue weighted by molar-refractivity contribution is 5.90. The number of rotatable bonds is 3. The van der Waals surface area contributed by atoms with Crippen molar-refractivity contribution in [1.82, 2.24) is 30.0 Å². The number of amides is 1. The molecule has 1 amide bonds. The Hall–Kier alpha value is -4.34. The van der Waals surface area contributed by atoms with Gasteiger partial charge in [0, 0.05) is 24.9 Å². The lowest BCUT2D eigenvalue weighted by atomic mass is 9.99. The molecule has 0 unspecified atom stereocenters. The molecule has 5 aromatic rings. The van der Waals surface area contributed by atoms with Gasteiger partial charge in [0.05, 0.1) is 17.4 Å². The molecule has 0 radical (unpaired) electrons. The molecule has 5 heterocycles. The van der Waals surface area contributed by atoms with Crippen molar-refractivity contribution >= 4 is 16.9 Å². The molecule has 1 N–H and O–H groups in total. The Labute approximate surface area is 179 Å². The topological polar surface area (TPSA) is 114 Å². The van der Waals surface area contributed by atoms with Gasteiger partial charge in [-0.25, -0.2) is 9.37 Å². The zero-order valence-corrected chi connectivity index (χ0v) is 16.5. The SMILES string of the molecule is O=C(c1nnc(-c2ccccn2)o1)N1CCc2[nH]cnc2[C@H]1c1oc2ccccc2c1F. The Bertz CT molecular complexity index is 1440. The Balaban J connectivity index is 1.43. The number of hydrogen-bond acceptors (Lipinski definition) is 7. The van der Waals surface area contributed by atoms with Gasteiger partial charge in [-0.15, -0.1) is 10.2 Å². The summed E-state index contributed by atoms with van der Waals surface area (Å²) >= 11 is 0. The van der Waals surface area contributed by atoms with Crippen molar-refractivity contribution in [1.29, 1.82) is 0 Å². The van der Waals surface area contributed by atoms with E-state index in [0.29, 0.717) is 28.8 Å². The van der Waals surface area contributed by atoms with Crippen LogP contribution in [0.15, 0.2) is 63.8 Å². The number of H-pyrrole nitrogens is 1. The molecule has 1 aromatic carbocycles. The number of aromatic amines is 1. The van der Waals surface area contributed by atoms with Crippen LogP contribution in [0.25, 0.3) is 22.6 Å². The maximum absolute atomic E-state index is 15.3. The van der Waals surface area contributed by atoms with Crippen molar-refractivity contribution in [3.05, 3.63) is 83.8 Å². The van der Waals surface area contributed by atoms with Crippen molar-refractivity contribution in [3.8, 4) is 11.6 Å². The molecular weight excluding hydrogens is 415 g/mol. The number of carbonyl (C=O) groups excluding carboxylic acids is 1. The molecule has 0 aliphatic carbocycles. The molecule has 0 bridgehead atoms. The van der Waals surface area contributed by atoms with Crippen LogP contribution in [-0.4, -0.2) is 42.5 Å². The zero-order valence-electron chi connectivity index (χ0n) is 16.5. The lowest BCUT2D eigenvalue weighted by Gasteiger charge is -2.32. The first-order valence-electron chi connectivity index (χ1n) is 9.95. The van der Waals surface area contributed by atoms with Gasteiger partial charge in [-0.1, -0.05) is 18.2 Å². The highest BCUT2D eigenvalue weighted by Crippen LogP contribution is 2.39. The fraction of sp³-hybridized carbons (Fsp3) is 0.136. The Kier molecular flexibility index (Phi) is 4.10. The van der Waals surface area contributed by atoms with Gasteiger partial charge in [0.2, 0.25) is 0 Å². The van der Waals surface area contributed by atoms with Gasteiger partial charge in [0.25, 0.3) is 5.89 Å². The molecule has 0 saturated carbocycles. The Morgan fingerprint density at radius 2 is 1.97 bits per heavy atom. The Morgan fingerprint density at radius 3 is 2.81 bits per heavy atom. The van der Waals surface area contributed by atoms with Crippen LogP contribution in [0.4, 0.5) is 4.39 Å². The summed E-state index contributed by atoms with van der Waals surface area (Å²) in [5.41, 5.74) is 2.18. The van der Waals surface area contributed by atoms with Crippen LogP contribution in [-0.2, 0) is 6.42 Å². The van der Waals surface area contributed by atoms with Gasteiger partial charge in [0.1, 0.15) is 17.3 Å². The minimum Gasteiger partial charge on any atom is -0.455 e. The fourth-order valence-corrected chi connectivity index (χ4v) is 4.00. The molecule has 0 spiro atoms. The zero-order chi connectivity index (χ0) is 21.7. The quantitative estimate of drug-likeness (QED) is 0.466. The molecule has 158 valence electrons. The molecule has 0 saturated heterocycles. The summed E-state index contributed by atoms with van der Waals surface area (Å²) in [5, 5.41) is 8.19. The highest BCUT2D eigenvalue weighted by atomic mass is 19.1. The molecule has 10 heteroatoms. The smallest absolute Gasteiger partial charge is 0.312 e. The summed E-state index contributed by atoms with van der Waals surface area (Å²) in [6.45, 7) is 0.288. The molecule has 4 aromatic heterocycles. The number of nitrogens with one attached hydrogen (secondary N) is 1. The molecular formula is C22H15FN6O3. The van der Waals surface area contributed by atoms with E-state index in [9.17, 15) is 4.79 Å². The van der Waals surface area contributed by atoms with Crippen LogP contribution in [0.5, 0.6) is 0 Å². The second kappa shape index (κ2) is 7.12. The summed E-state index contributed by atoms with van der Waals surface area (Å²) in [6.07, 6.45) is 3.63. The van der Waals surface area contributed by atoms with Crippen LogP contribution >= 0.6 is 0 Å². The van der Waals surface area contributed by atoms with Crippen molar-refractivity contribution in [2.24, 2.45) is 0 Å². The van der Waals surface area contributed by atoms with E-state index in [4.69, 9.17) is 8.83 Å². The van der Waals surface area contributed by atoms with E-state index >= 15 is 4.39 Å². The summed E-state index contributed by atoms with van der Waals surface area (Å²) in [7, 11) is 0. The van der Waals surface area contributed by atoms with Crippen molar-refractivity contribution in [2.75, 3.05) is 6.54 Å². The lowest BCUT2D eigenvalue weighted by Crippen LogP contribution is -2.41. The van der Waals surface area contributed by atoms with Gasteiger partial charge in [-0.05, 0) is 24.3 Å². The molecule has 0 fully saturated rings. The number of fused-ring (bicyclic) bond motifs is 2. The molecule has 1 atom stereocenters. The minimum atomic E-state index is -0.880. The third-order valence-electron chi connectivity index (χ3n) is 5.49. The summed E-state index contributed by atoms with van der Waals surface area (Å²) < 4.78 is 26.8. The van der Waals surface area contributed by atoms with Gasteiger partial charge < -0.3 is 18.7 Å². The maximum Gasteiger partial charge on any atom is 0.312 e. The largest absolute Gasteiger partial charge is 0.455 e. The predicted molar refractivity (Wildman–Crippen MR) is 109 cm³/mol. The number of furan rings is 1. The normalized spacial score (nSPS) is 15.8. The average molecular weight is 430 g/mol. The molecule has 9 nitrogen and oxygen atoms in total. The molecule has 6 rings (SSSR count). The number of halogens is 1. The number of pyridine rings is 1. The molecule has 1 aliphatic heterocycles. The predicted octanol–water partition coefficient (Wildman–Crippen LogP) is 3.53. The van der Waals surface area contributed by atoms with E-state index in [1.807, 2.05) is 0 Å². The first-order chi connectivity index (χ1) is 15.7. The van der Waals surface area contributed by atoms with Gasteiger partial charge >= 0.3 is 11.8 Å². The summed E-state index contributed by atoms with van der Waals surface area (Å²) in [6, 6.07) is 11.2. The summed E-state index contributed by atoms with van der Waals surface area (Å²) in [4.78, 5) is 26.4. The second-order valence-corrected chi connectivity index (χ2v) is 7.32. The van der Waals surface area contributed by atoms with E-state index in [1.165, 1.54) is 11.2 Å². The van der Waals surface area contributed by atoms with Crippen LogP contribution in [0.1, 0.15) is 33.9 Å². The van der Waals surface area contributed by atoms with Crippen LogP contribution in [0.3, 0.4) is 0 Å².